The Morgan fingerprint density at radius 1 is 1.38 bits per heavy atom. The number of methoxy groups -OCH3 is 1. The first-order valence-electron chi connectivity index (χ1n) is 6.26. The molecule has 3 aromatic rings. The molecule has 1 radical (unpaired) electrons. The van der Waals surface area contributed by atoms with E-state index in [1.807, 2.05) is 6.07 Å². The summed E-state index contributed by atoms with van der Waals surface area (Å²) in [5, 5.41) is 7.49. The van der Waals surface area contributed by atoms with Crippen LogP contribution in [0.2, 0.25) is 5.02 Å². The fourth-order valence-corrected chi connectivity index (χ4v) is 2.27. The first kappa shape index (κ1) is 13.5. The van der Waals surface area contributed by atoms with Crippen molar-refractivity contribution in [2.45, 2.75) is 0 Å². The highest BCUT2D eigenvalue weighted by molar-refractivity contribution is 6.36. The summed E-state index contributed by atoms with van der Waals surface area (Å²) in [6.45, 7) is 0. The van der Waals surface area contributed by atoms with Gasteiger partial charge in [0.25, 0.3) is 0 Å². The van der Waals surface area contributed by atoms with E-state index in [4.69, 9.17) is 16.3 Å². The number of halogens is 1. The minimum absolute atomic E-state index is 0.440. The van der Waals surface area contributed by atoms with Crippen LogP contribution in [0.3, 0.4) is 0 Å². The Morgan fingerprint density at radius 3 is 3.00 bits per heavy atom. The van der Waals surface area contributed by atoms with Crippen molar-refractivity contribution in [3.63, 3.8) is 0 Å². The minimum Gasteiger partial charge on any atom is -0.495 e. The lowest BCUT2D eigenvalue weighted by Gasteiger charge is -2.10. The lowest BCUT2D eigenvalue weighted by Crippen LogP contribution is -2.02. The topological polar surface area (TPSA) is 74.9 Å². The van der Waals surface area contributed by atoms with Crippen LogP contribution in [0.5, 0.6) is 5.75 Å². The number of aromatic amines is 1. The van der Waals surface area contributed by atoms with Gasteiger partial charge >= 0.3 is 0 Å². The summed E-state index contributed by atoms with van der Waals surface area (Å²) in [5.41, 5.74) is 1.42. The number of fused-ring (bicyclic) bond motifs is 1. The lowest BCUT2D eigenvalue weighted by atomic mass is 10.3. The normalized spacial score (nSPS) is 10.6. The van der Waals surface area contributed by atoms with Gasteiger partial charge in [-0.1, -0.05) is 17.7 Å². The van der Waals surface area contributed by atoms with Crippen LogP contribution in [0.4, 0.5) is 17.5 Å². The van der Waals surface area contributed by atoms with Crippen LogP contribution >= 0.6 is 11.6 Å². The summed E-state index contributed by atoms with van der Waals surface area (Å²) in [4.78, 5) is 11.8. The maximum Gasteiger partial charge on any atom is 0.231 e. The number of rotatable bonds is 4. The third kappa shape index (κ3) is 2.45. The second-order valence-electron chi connectivity index (χ2n) is 4.26. The molecule has 0 bridgehead atoms. The third-order valence-electron chi connectivity index (χ3n) is 3.01. The van der Waals surface area contributed by atoms with Gasteiger partial charge in [-0.25, -0.2) is 0 Å². The molecule has 2 aromatic heterocycles. The number of nitrogens with one attached hydrogen (secondary N) is 3. The Morgan fingerprint density at radius 2 is 2.24 bits per heavy atom. The summed E-state index contributed by atoms with van der Waals surface area (Å²) in [6, 6.07) is 8.32. The van der Waals surface area contributed by atoms with E-state index in [0.717, 1.165) is 11.1 Å². The van der Waals surface area contributed by atoms with E-state index >= 15 is 0 Å². The zero-order valence-corrected chi connectivity index (χ0v) is 12.2. The van der Waals surface area contributed by atoms with Crippen molar-refractivity contribution in [1.29, 1.82) is 0 Å². The van der Waals surface area contributed by atoms with Gasteiger partial charge in [0.05, 0.1) is 23.2 Å². The van der Waals surface area contributed by atoms with Gasteiger partial charge in [0.1, 0.15) is 17.2 Å². The average Bonchev–Trinajstić information content (AvgIpc) is 2.88. The van der Waals surface area contributed by atoms with Crippen molar-refractivity contribution in [3.05, 3.63) is 35.5 Å². The monoisotopic (exact) mass is 302 g/mol. The van der Waals surface area contributed by atoms with E-state index in [-0.39, 0.29) is 0 Å². The number of hydrogen-bond acceptors (Lipinski definition) is 5. The number of hydrogen-bond donors (Lipinski definition) is 3. The maximum atomic E-state index is 6.12. The Balaban J connectivity index is 2.05. The molecule has 0 saturated heterocycles. The van der Waals surface area contributed by atoms with Crippen LogP contribution in [0.25, 0.3) is 11.0 Å². The van der Waals surface area contributed by atoms with E-state index in [2.05, 4.69) is 31.7 Å². The molecule has 0 aliphatic heterocycles. The Hall–Kier alpha value is -2.47. The van der Waals surface area contributed by atoms with Crippen molar-refractivity contribution in [2.24, 2.45) is 0 Å². The van der Waals surface area contributed by atoms with Gasteiger partial charge in [0, 0.05) is 13.2 Å². The average molecular weight is 303 g/mol. The second-order valence-corrected chi connectivity index (χ2v) is 4.66. The molecule has 0 spiro atoms. The van der Waals surface area contributed by atoms with Gasteiger partial charge in [-0.2, -0.15) is 9.97 Å². The molecule has 7 heteroatoms. The van der Waals surface area contributed by atoms with Crippen LogP contribution < -0.4 is 15.4 Å². The van der Waals surface area contributed by atoms with Crippen LogP contribution in [-0.2, 0) is 0 Å². The summed E-state index contributed by atoms with van der Waals surface area (Å²) in [6.07, 6.45) is 1.68. The molecular formula is C14H13ClN5O. The predicted octanol–water partition coefficient (Wildman–Crippen LogP) is 3.21. The van der Waals surface area contributed by atoms with E-state index in [9.17, 15) is 0 Å². The molecule has 0 aliphatic rings. The fourth-order valence-electron chi connectivity index (χ4n) is 2.04. The number of ether oxygens (including phenoxy) is 1. The maximum absolute atomic E-state index is 6.12. The smallest absolute Gasteiger partial charge is 0.231 e. The quantitative estimate of drug-likeness (QED) is 0.690. The van der Waals surface area contributed by atoms with Crippen LogP contribution in [0, 0.1) is 6.07 Å². The minimum atomic E-state index is 0.440. The molecule has 21 heavy (non-hydrogen) atoms. The van der Waals surface area contributed by atoms with Crippen molar-refractivity contribution in [3.8, 4) is 5.75 Å². The molecule has 0 saturated carbocycles. The van der Waals surface area contributed by atoms with E-state index in [1.165, 1.54) is 0 Å². The molecule has 1 aromatic carbocycles. The van der Waals surface area contributed by atoms with Gasteiger partial charge in [-0.05, 0) is 18.2 Å². The molecule has 107 valence electrons. The van der Waals surface area contributed by atoms with E-state index in [1.54, 1.807) is 32.5 Å². The number of aromatic nitrogens is 3. The molecule has 3 N–H and O–H groups in total. The molecular weight excluding hydrogens is 290 g/mol. The number of anilines is 3. The Kier molecular flexibility index (Phi) is 3.53. The van der Waals surface area contributed by atoms with Crippen LogP contribution in [0.15, 0.2) is 24.4 Å². The first-order chi connectivity index (χ1) is 10.2. The van der Waals surface area contributed by atoms with E-state index < -0.39 is 0 Å². The zero-order chi connectivity index (χ0) is 14.8. The molecule has 0 atom stereocenters. The highest BCUT2D eigenvalue weighted by Crippen LogP contribution is 2.31. The van der Waals surface area contributed by atoms with Gasteiger partial charge < -0.3 is 20.4 Å². The second kappa shape index (κ2) is 5.49. The standard InChI is InChI=1S/C14H13ClN5O/c1-16-12-11-8(15)7-17-13(11)20-14(19-12)18-9-5-3-4-6-10(9)21-2/h3,5-7H,1-2H3,(H3,16,17,18,19,20). The molecule has 0 unspecified atom stereocenters. The van der Waals surface area contributed by atoms with Gasteiger partial charge in [0.2, 0.25) is 5.95 Å². The molecule has 2 heterocycles. The van der Waals surface area contributed by atoms with Gasteiger partial charge in [-0.15, -0.1) is 0 Å². The number of H-pyrrole nitrogens is 1. The SMILES string of the molecule is CNc1nc(Nc2cc[c]cc2OC)nc2[nH]cc(Cl)c12. The van der Waals surface area contributed by atoms with Gasteiger partial charge in [0.15, 0.2) is 0 Å². The highest BCUT2D eigenvalue weighted by atomic mass is 35.5. The highest BCUT2D eigenvalue weighted by Gasteiger charge is 2.12. The first-order valence-corrected chi connectivity index (χ1v) is 6.64. The number of benzene rings is 1. The van der Waals surface area contributed by atoms with Crippen LogP contribution in [0.1, 0.15) is 0 Å². The van der Waals surface area contributed by atoms with Crippen LogP contribution in [-0.4, -0.2) is 29.1 Å². The van der Waals surface area contributed by atoms with Crippen molar-refractivity contribution < 1.29 is 4.74 Å². The van der Waals surface area contributed by atoms with Crippen molar-refractivity contribution in [2.75, 3.05) is 24.8 Å². The lowest BCUT2D eigenvalue weighted by molar-refractivity contribution is 0.416. The van der Waals surface area contributed by atoms with E-state index in [0.29, 0.717) is 28.2 Å². The summed E-state index contributed by atoms with van der Waals surface area (Å²) >= 11 is 6.12. The summed E-state index contributed by atoms with van der Waals surface area (Å²) < 4.78 is 5.27. The molecule has 0 amide bonds. The summed E-state index contributed by atoms with van der Waals surface area (Å²) in [5.74, 6) is 1.75. The largest absolute Gasteiger partial charge is 0.495 e. The number of nitrogens with zero attached hydrogens (tertiary/aromatic N) is 2. The summed E-state index contributed by atoms with van der Waals surface area (Å²) in [7, 11) is 3.38. The predicted molar refractivity (Wildman–Crippen MR) is 83.6 cm³/mol. The molecule has 0 fully saturated rings. The van der Waals surface area contributed by atoms with Gasteiger partial charge in [-0.3, -0.25) is 0 Å². The molecule has 6 nitrogen and oxygen atoms in total. The molecule has 0 aliphatic carbocycles. The van der Waals surface area contributed by atoms with Crippen molar-refractivity contribution >= 4 is 40.1 Å². The fraction of sp³-hybridized carbons (Fsp3) is 0.143. The Labute approximate surface area is 126 Å². The van der Waals surface area contributed by atoms with Crippen molar-refractivity contribution in [1.82, 2.24) is 15.0 Å². The zero-order valence-electron chi connectivity index (χ0n) is 11.5. The Bertz CT molecular complexity index is 786. The molecule has 3 rings (SSSR count). The third-order valence-corrected chi connectivity index (χ3v) is 3.31.